The first-order chi connectivity index (χ1) is 12.0. The lowest BCUT2D eigenvalue weighted by Gasteiger charge is -2.19. The highest BCUT2D eigenvalue weighted by molar-refractivity contribution is 6.32. The molecule has 5 heteroatoms. The van der Waals surface area contributed by atoms with Gasteiger partial charge in [0.05, 0.1) is 16.7 Å². The van der Waals surface area contributed by atoms with Crippen molar-refractivity contribution in [2.75, 3.05) is 5.32 Å². The first-order valence-corrected chi connectivity index (χ1v) is 8.60. The Bertz CT molecular complexity index is 799. The SMILES string of the molecule is CC[C@@H](C)c1ccccc1NC(=O)[C@@H](C)Oc1ccc(C#N)cc1Cl. The number of nitrogens with zero attached hydrogens (tertiary/aromatic N) is 1. The molecule has 0 spiro atoms. The van der Waals surface area contributed by atoms with Crippen molar-refractivity contribution in [3.63, 3.8) is 0 Å². The molecule has 0 unspecified atom stereocenters. The summed E-state index contributed by atoms with van der Waals surface area (Å²) in [5.74, 6) is 0.468. The maximum Gasteiger partial charge on any atom is 0.265 e. The molecule has 0 aliphatic rings. The molecule has 0 saturated carbocycles. The maximum atomic E-state index is 12.5. The summed E-state index contributed by atoms with van der Waals surface area (Å²) < 4.78 is 5.65. The number of nitrogens with one attached hydrogen (secondary N) is 1. The normalized spacial score (nSPS) is 12.8. The molecule has 1 N–H and O–H groups in total. The highest BCUT2D eigenvalue weighted by Crippen LogP contribution is 2.28. The molecule has 0 bridgehead atoms. The van der Waals surface area contributed by atoms with Crippen molar-refractivity contribution < 1.29 is 9.53 Å². The van der Waals surface area contributed by atoms with Crippen LogP contribution in [0.4, 0.5) is 5.69 Å². The highest BCUT2D eigenvalue weighted by atomic mass is 35.5. The largest absolute Gasteiger partial charge is 0.479 e. The van der Waals surface area contributed by atoms with Crippen molar-refractivity contribution in [3.8, 4) is 11.8 Å². The molecule has 0 aromatic heterocycles. The van der Waals surface area contributed by atoms with Gasteiger partial charge in [0.25, 0.3) is 5.91 Å². The Morgan fingerprint density at radius 3 is 2.64 bits per heavy atom. The quantitative estimate of drug-likeness (QED) is 0.780. The predicted octanol–water partition coefficient (Wildman–Crippen LogP) is 5.13. The molecule has 130 valence electrons. The molecule has 1 amide bonds. The van der Waals surface area contributed by atoms with Gasteiger partial charge in [-0.15, -0.1) is 0 Å². The lowest BCUT2D eigenvalue weighted by molar-refractivity contribution is -0.122. The second-order valence-corrected chi connectivity index (χ2v) is 6.31. The second-order valence-electron chi connectivity index (χ2n) is 5.90. The van der Waals surface area contributed by atoms with E-state index in [9.17, 15) is 4.79 Å². The van der Waals surface area contributed by atoms with Crippen LogP contribution in [0.15, 0.2) is 42.5 Å². The van der Waals surface area contributed by atoms with Crippen LogP contribution in [0.3, 0.4) is 0 Å². The molecule has 0 heterocycles. The lowest BCUT2D eigenvalue weighted by atomic mass is 9.97. The molecule has 25 heavy (non-hydrogen) atoms. The summed E-state index contributed by atoms with van der Waals surface area (Å²) in [5, 5.41) is 12.1. The van der Waals surface area contributed by atoms with Gasteiger partial charge in [0.15, 0.2) is 6.10 Å². The van der Waals surface area contributed by atoms with Gasteiger partial charge in [-0.2, -0.15) is 5.26 Å². The summed E-state index contributed by atoms with van der Waals surface area (Å²) in [6, 6.07) is 14.5. The van der Waals surface area contributed by atoms with E-state index in [2.05, 4.69) is 19.2 Å². The number of nitriles is 1. The number of carbonyl (C=O) groups is 1. The topological polar surface area (TPSA) is 62.1 Å². The van der Waals surface area contributed by atoms with E-state index >= 15 is 0 Å². The molecule has 2 aromatic carbocycles. The predicted molar refractivity (Wildman–Crippen MR) is 100 cm³/mol. The van der Waals surface area contributed by atoms with Crippen molar-refractivity contribution in [3.05, 3.63) is 58.6 Å². The Morgan fingerprint density at radius 1 is 1.28 bits per heavy atom. The zero-order valence-electron chi connectivity index (χ0n) is 14.5. The molecule has 0 fully saturated rings. The Balaban J connectivity index is 2.10. The molecule has 2 atom stereocenters. The average Bonchev–Trinajstić information content (AvgIpc) is 2.63. The summed E-state index contributed by atoms with van der Waals surface area (Å²) in [4.78, 5) is 12.5. The van der Waals surface area contributed by atoms with E-state index in [1.807, 2.05) is 30.3 Å². The van der Waals surface area contributed by atoms with E-state index in [1.165, 1.54) is 6.07 Å². The Morgan fingerprint density at radius 2 is 2.00 bits per heavy atom. The molecule has 0 saturated heterocycles. The fourth-order valence-electron chi connectivity index (χ4n) is 2.40. The number of carbonyl (C=O) groups excluding carboxylic acids is 1. The van der Waals surface area contributed by atoms with Gasteiger partial charge in [0.2, 0.25) is 0 Å². The van der Waals surface area contributed by atoms with E-state index in [4.69, 9.17) is 21.6 Å². The van der Waals surface area contributed by atoms with Gasteiger partial charge in [-0.3, -0.25) is 4.79 Å². The monoisotopic (exact) mass is 356 g/mol. The number of ether oxygens (including phenoxy) is 1. The van der Waals surface area contributed by atoms with Crippen molar-refractivity contribution in [1.82, 2.24) is 0 Å². The van der Waals surface area contributed by atoms with Crippen LogP contribution in [0, 0.1) is 11.3 Å². The Hall–Kier alpha value is -2.51. The molecule has 2 aromatic rings. The smallest absolute Gasteiger partial charge is 0.265 e. The summed E-state index contributed by atoms with van der Waals surface area (Å²) in [6.45, 7) is 5.90. The number of para-hydroxylation sites is 1. The molecule has 0 aliphatic carbocycles. The number of benzene rings is 2. The van der Waals surface area contributed by atoms with Crippen LogP contribution in [-0.4, -0.2) is 12.0 Å². The van der Waals surface area contributed by atoms with E-state index in [-0.39, 0.29) is 5.91 Å². The third kappa shape index (κ3) is 4.74. The van der Waals surface area contributed by atoms with Crippen LogP contribution in [0.5, 0.6) is 5.75 Å². The molecule has 4 nitrogen and oxygen atoms in total. The minimum atomic E-state index is -0.726. The van der Waals surface area contributed by atoms with Crippen molar-refractivity contribution in [2.24, 2.45) is 0 Å². The second kappa shape index (κ2) is 8.55. The van der Waals surface area contributed by atoms with E-state index in [1.54, 1.807) is 19.1 Å². The van der Waals surface area contributed by atoms with Crippen LogP contribution in [-0.2, 0) is 4.79 Å². The van der Waals surface area contributed by atoms with E-state index < -0.39 is 6.10 Å². The number of rotatable bonds is 6. The Labute approximate surface area is 153 Å². The first kappa shape index (κ1) is 18.8. The van der Waals surface area contributed by atoms with Crippen LogP contribution in [0.2, 0.25) is 5.02 Å². The van der Waals surface area contributed by atoms with Gasteiger partial charge in [-0.25, -0.2) is 0 Å². The van der Waals surface area contributed by atoms with Crippen LogP contribution in [0.1, 0.15) is 44.2 Å². The number of halogens is 1. The summed E-state index contributed by atoms with van der Waals surface area (Å²) in [6.07, 6.45) is 0.259. The minimum absolute atomic E-state index is 0.254. The molecule has 0 radical (unpaired) electrons. The standard InChI is InChI=1S/C20H21ClN2O2/c1-4-13(2)16-7-5-6-8-18(16)23-20(24)14(3)25-19-10-9-15(12-22)11-17(19)21/h5-11,13-14H,4H2,1-3H3,(H,23,24)/t13-,14-/m1/s1. The highest BCUT2D eigenvalue weighted by Gasteiger charge is 2.18. The fourth-order valence-corrected chi connectivity index (χ4v) is 2.63. The van der Waals surface area contributed by atoms with Crippen LogP contribution in [0.25, 0.3) is 0 Å². The van der Waals surface area contributed by atoms with Gasteiger partial charge in [-0.05, 0) is 49.1 Å². The Kier molecular flexibility index (Phi) is 6.44. The van der Waals surface area contributed by atoms with Gasteiger partial charge in [0, 0.05) is 5.69 Å². The lowest BCUT2D eigenvalue weighted by Crippen LogP contribution is -2.30. The zero-order valence-corrected chi connectivity index (χ0v) is 15.3. The van der Waals surface area contributed by atoms with Gasteiger partial charge >= 0.3 is 0 Å². The van der Waals surface area contributed by atoms with E-state index in [0.717, 1.165) is 17.7 Å². The molecular weight excluding hydrogens is 336 g/mol. The van der Waals surface area contributed by atoms with Gasteiger partial charge in [0.1, 0.15) is 5.75 Å². The van der Waals surface area contributed by atoms with Gasteiger partial charge < -0.3 is 10.1 Å². The summed E-state index contributed by atoms with van der Waals surface area (Å²) in [5.41, 5.74) is 2.34. The molecular formula is C20H21ClN2O2. The third-order valence-electron chi connectivity index (χ3n) is 4.10. The van der Waals surface area contributed by atoms with Crippen LogP contribution >= 0.6 is 11.6 Å². The van der Waals surface area contributed by atoms with Crippen LogP contribution < -0.4 is 10.1 Å². The zero-order chi connectivity index (χ0) is 18.4. The number of amides is 1. The number of hydrogen-bond donors (Lipinski definition) is 1. The van der Waals surface area contributed by atoms with E-state index in [0.29, 0.717) is 22.3 Å². The number of hydrogen-bond acceptors (Lipinski definition) is 3. The summed E-state index contributed by atoms with van der Waals surface area (Å²) in [7, 11) is 0. The third-order valence-corrected chi connectivity index (χ3v) is 4.39. The van der Waals surface area contributed by atoms with Gasteiger partial charge in [-0.1, -0.05) is 43.6 Å². The molecule has 2 rings (SSSR count). The average molecular weight is 357 g/mol. The minimum Gasteiger partial charge on any atom is -0.479 e. The van der Waals surface area contributed by atoms with Crippen molar-refractivity contribution >= 4 is 23.2 Å². The maximum absolute atomic E-state index is 12.5. The first-order valence-electron chi connectivity index (χ1n) is 8.22. The fraction of sp³-hybridized carbons (Fsp3) is 0.300. The molecule has 0 aliphatic heterocycles. The summed E-state index contributed by atoms with van der Waals surface area (Å²) >= 11 is 6.09. The van der Waals surface area contributed by atoms with Crippen molar-refractivity contribution in [1.29, 1.82) is 5.26 Å². The van der Waals surface area contributed by atoms with Crippen molar-refractivity contribution in [2.45, 2.75) is 39.2 Å². The number of anilines is 1.